The highest BCUT2D eigenvalue weighted by Gasteiger charge is 2.18. The molecule has 1 aromatic heterocycles. The Balaban J connectivity index is 1.62. The molecule has 3 rings (SSSR count). The molecule has 0 spiro atoms. The van der Waals surface area contributed by atoms with Crippen molar-refractivity contribution in [3.05, 3.63) is 80.5 Å². The van der Waals surface area contributed by atoms with Crippen molar-refractivity contribution >= 4 is 57.9 Å². The molecular weight excluding hydrogens is 440 g/mol. The smallest absolute Gasteiger partial charge is 0.283 e. The molecule has 3 aromatic rings. The zero-order chi connectivity index (χ0) is 22.4. The molecule has 9 nitrogen and oxygen atoms in total. The molecule has 158 valence electrons. The number of primary amides is 1. The van der Waals surface area contributed by atoms with Gasteiger partial charge in [-0.25, -0.2) is 0 Å². The number of carbonyl (C=O) groups excluding carboxylic acids is 3. The fourth-order valence-corrected chi connectivity index (χ4v) is 3.97. The predicted molar refractivity (Wildman–Crippen MR) is 120 cm³/mol. The van der Waals surface area contributed by atoms with Crippen molar-refractivity contribution in [1.82, 2.24) is 0 Å². The maximum absolute atomic E-state index is 12.3. The van der Waals surface area contributed by atoms with Crippen LogP contribution in [0.25, 0.3) is 0 Å². The molecule has 31 heavy (non-hydrogen) atoms. The van der Waals surface area contributed by atoms with Crippen LogP contribution in [0, 0.1) is 10.1 Å². The Hall–Kier alpha value is -3.70. The number of nitrogens with one attached hydrogen (secondary N) is 2. The molecule has 0 aliphatic carbocycles. The largest absolute Gasteiger partial charge is 0.366 e. The summed E-state index contributed by atoms with van der Waals surface area (Å²) in [6, 6.07) is 14.0. The number of nitrogens with two attached hydrogens (primary N) is 1. The first kappa shape index (κ1) is 22.0. The van der Waals surface area contributed by atoms with Crippen molar-refractivity contribution in [3.8, 4) is 0 Å². The fraction of sp³-hybridized carbons (Fsp3) is 0.0500. The molecule has 1 heterocycles. The van der Waals surface area contributed by atoms with Crippen LogP contribution in [0.2, 0.25) is 0 Å². The van der Waals surface area contributed by atoms with E-state index in [4.69, 9.17) is 5.73 Å². The Morgan fingerprint density at radius 1 is 1.03 bits per heavy atom. The molecule has 11 heteroatoms. The highest BCUT2D eigenvalue weighted by Crippen LogP contribution is 2.30. The van der Waals surface area contributed by atoms with E-state index in [0.29, 0.717) is 16.3 Å². The number of thioether (sulfide) groups is 1. The third-order valence-corrected chi connectivity index (χ3v) is 5.88. The van der Waals surface area contributed by atoms with E-state index in [9.17, 15) is 24.5 Å². The van der Waals surface area contributed by atoms with Gasteiger partial charge in [0, 0.05) is 23.0 Å². The van der Waals surface area contributed by atoms with Crippen molar-refractivity contribution in [2.24, 2.45) is 5.73 Å². The number of rotatable bonds is 8. The van der Waals surface area contributed by atoms with E-state index in [1.165, 1.54) is 23.5 Å². The molecule has 0 unspecified atom stereocenters. The van der Waals surface area contributed by atoms with Gasteiger partial charge in [0.25, 0.3) is 11.6 Å². The van der Waals surface area contributed by atoms with Gasteiger partial charge in [0.2, 0.25) is 11.8 Å². The summed E-state index contributed by atoms with van der Waals surface area (Å²) in [6.45, 7) is 0. The van der Waals surface area contributed by atoms with E-state index in [1.54, 1.807) is 41.8 Å². The monoisotopic (exact) mass is 456 g/mol. The molecule has 0 aliphatic rings. The summed E-state index contributed by atoms with van der Waals surface area (Å²) in [5, 5.41) is 18.5. The van der Waals surface area contributed by atoms with Gasteiger partial charge in [-0.3, -0.25) is 24.5 Å². The fourth-order valence-electron chi connectivity index (χ4n) is 2.55. The van der Waals surface area contributed by atoms with E-state index < -0.39 is 10.8 Å². The van der Waals surface area contributed by atoms with Crippen LogP contribution in [-0.4, -0.2) is 28.4 Å². The highest BCUT2D eigenvalue weighted by atomic mass is 32.2. The second-order valence-corrected chi connectivity index (χ2v) is 8.12. The van der Waals surface area contributed by atoms with Crippen LogP contribution in [0.1, 0.15) is 20.0 Å². The maximum atomic E-state index is 12.3. The van der Waals surface area contributed by atoms with Crippen LogP contribution in [0.15, 0.2) is 64.9 Å². The number of hydrogen-bond donors (Lipinski definition) is 3. The second kappa shape index (κ2) is 9.87. The molecule has 2 aromatic carbocycles. The summed E-state index contributed by atoms with van der Waals surface area (Å²) in [7, 11) is 0. The minimum Gasteiger partial charge on any atom is -0.366 e. The Bertz CT molecular complexity index is 1150. The summed E-state index contributed by atoms with van der Waals surface area (Å²) in [6.07, 6.45) is 0. The first-order valence-electron chi connectivity index (χ1n) is 8.79. The third kappa shape index (κ3) is 5.90. The molecule has 3 amide bonds. The highest BCUT2D eigenvalue weighted by molar-refractivity contribution is 8.00. The average Bonchev–Trinajstić information content (AvgIpc) is 3.27. The zero-order valence-corrected chi connectivity index (χ0v) is 17.5. The molecular formula is C20H16N4O5S2. The average molecular weight is 457 g/mol. The number of benzene rings is 2. The van der Waals surface area contributed by atoms with Crippen molar-refractivity contribution in [1.29, 1.82) is 0 Å². The minimum atomic E-state index is -0.775. The van der Waals surface area contributed by atoms with Gasteiger partial charge in [-0.15, -0.1) is 23.1 Å². The van der Waals surface area contributed by atoms with Gasteiger partial charge in [0.05, 0.1) is 20.4 Å². The molecule has 0 atom stereocenters. The van der Waals surface area contributed by atoms with Crippen LogP contribution >= 0.6 is 23.1 Å². The molecule has 4 N–H and O–H groups in total. The van der Waals surface area contributed by atoms with Gasteiger partial charge in [-0.2, -0.15) is 0 Å². The number of nitro groups is 1. The van der Waals surface area contributed by atoms with Gasteiger partial charge in [0.1, 0.15) is 0 Å². The normalized spacial score (nSPS) is 10.3. The maximum Gasteiger partial charge on any atom is 0.283 e. The first-order valence-corrected chi connectivity index (χ1v) is 10.7. The first-order chi connectivity index (χ1) is 14.8. The summed E-state index contributed by atoms with van der Waals surface area (Å²) >= 11 is 2.28. The molecule has 0 saturated carbocycles. The number of nitro benzene ring substituents is 1. The van der Waals surface area contributed by atoms with E-state index >= 15 is 0 Å². The van der Waals surface area contributed by atoms with Gasteiger partial charge < -0.3 is 16.4 Å². The van der Waals surface area contributed by atoms with E-state index in [1.807, 2.05) is 0 Å². The lowest BCUT2D eigenvalue weighted by molar-refractivity contribution is -0.387. The Labute approximate surface area is 184 Å². The zero-order valence-electron chi connectivity index (χ0n) is 15.9. The lowest BCUT2D eigenvalue weighted by Gasteiger charge is -2.09. The van der Waals surface area contributed by atoms with Crippen LogP contribution in [0.5, 0.6) is 0 Å². The van der Waals surface area contributed by atoms with Gasteiger partial charge in [-0.1, -0.05) is 12.1 Å². The number of nitrogens with zero attached hydrogens (tertiary/aromatic N) is 1. The number of amides is 3. The van der Waals surface area contributed by atoms with Gasteiger partial charge in [-0.05, 0) is 41.8 Å². The summed E-state index contributed by atoms with van der Waals surface area (Å²) in [4.78, 5) is 47.1. The number of thiophene rings is 1. The molecule has 0 bridgehead atoms. The predicted octanol–water partition coefficient (Wildman–Crippen LogP) is 3.74. The standard InChI is InChI=1S/C20H16N4O5S2/c21-19(26)12-6-7-16(15(9-12)24(28)29)31-11-18(25)22-13-3-1-4-14(10-13)23-20(27)17-5-2-8-30-17/h1-10H,11H2,(H2,21,26)(H,22,25)(H,23,27). The van der Waals surface area contributed by atoms with Gasteiger partial charge >= 0.3 is 0 Å². The van der Waals surface area contributed by atoms with E-state index in [-0.39, 0.29) is 33.7 Å². The molecule has 0 aliphatic heterocycles. The third-order valence-electron chi connectivity index (χ3n) is 3.95. The molecule has 0 radical (unpaired) electrons. The number of hydrogen-bond acceptors (Lipinski definition) is 7. The minimum absolute atomic E-state index is 0.0157. The van der Waals surface area contributed by atoms with Crippen molar-refractivity contribution < 1.29 is 19.3 Å². The van der Waals surface area contributed by atoms with Crippen LogP contribution < -0.4 is 16.4 Å². The second-order valence-electron chi connectivity index (χ2n) is 6.15. The number of anilines is 2. The van der Waals surface area contributed by atoms with Crippen molar-refractivity contribution in [3.63, 3.8) is 0 Å². The quantitative estimate of drug-likeness (QED) is 0.267. The molecule has 0 fully saturated rings. The Morgan fingerprint density at radius 2 is 1.77 bits per heavy atom. The Morgan fingerprint density at radius 3 is 2.42 bits per heavy atom. The lowest BCUT2D eigenvalue weighted by atomic mass is 10.2. The van der Waals surface area contributed by atoms with Crippen LogP contribution in [0.3, 0.4) is 0 Å². The van der Waals surface area contributed by atoms with E-state index in [0.717, 1.165) is 17.8 Å². The van der Waals surface area contributed by atoms with Crippen molar-refractivity contribution in [2.75, 3.05) is 16.4 Å². The lowest BCUT2D eigenvalue weighted by Crippen LogP contribution is -2.15. The van der Waals surface area contributed by atoms with Crippen LogP contribution in [0.4, 0.5) is 17.1 Å². The van der Waals surface area contributed by atoms with Crippen LogP contribution in [-0.2, 0) is 4.79 Å². The molecule has 0 saturated heterocycles. The Kier molecular flexibility index (Phi) is 7.00. The van der Waals surface area contributed by atoms with E-state index in [2.05, 4.69) is 10.6 Å². The SMILES string of the molecule is NC(=O)c1ccc(SCC(=O)Nc2cccc(NC(=O)c3cccs3)c2)c([N+](=O)[O-])c1. The topological polar surface area (TPSA) is 144 Å². The number of carbonyl (C=O) groups is 3. The summed E-state index contributed by atoms with van der Waals surface area (Å²) in [5.41, 5.74) is 5.85. The summed E-state index contributed by atoms with van der Waals surface area (Å²) in [5.74, 6) is -1.51. The van der Waals surface area contributed by atoms with Crippen molar-refractivity contribution in [2.45, 2.75) is 4.90 Å². The summed E-state index contributed by atoms with van der Waals surface area (Å²) < 4.78 is 0. The van der Waals surface area contributed by atoms with Gasteiger partial charge in [0.15, 0.2) is 0 Å².